The Hall–Kier alpha value is -2.27. The van der Waals surface area contributed by atoms with Gasteiger partial charge in [-0.15, -0.1) is 0 Å². The monoisotopic (exact) mass is 381 g/mol. The highest BCUT2D eigenvalue weighted by atomic mass is 19.1. The number of halogens is 1. The zero-order valence-corrected chi connectivity index (χ0v) is 16.7. The molecular weight excluding hydrogens is 353 g/mol. The molecule has 2 aliphatic rings. The van der Waals surface area contributed by atoms with Gasteiger partial charge in [0.2, 0.25) is 0 Å². The normalized spacial score (nSPS) is 21.2. The molecular formula is C23H28FN3O. The number of rotatable bonds is 3. The lowest BCUT2D eigenvalue weighted by Gasteiger charge is -2.32. The zero-order chi connectivity index (χ0) is 19.7. The molecule has 148 valence electrons. The van der Waals surface area contributed by atoms with E-state index in [1.165, 1.54) is 6.07 Å². The first-order valence-corrected chi connectivity index (χ1v) is 10.2. The van der Waals surface area contributed by atoms with Gasteiger partial charge >= 0.3 is 0 Å². The van der Waals surface area contributed by atoms with E-state index in [2.05, 4.69) is 11.9 Å². The highest BCUT2D eigenvalue weighted by Gasteiger charge is 2.27. The number of aryl methyl sites for hydroxylation is 1. The van der Waals surface area contributed by atoms with Crippen molar-refractivity contribution in [1.82, 2.24) is 14.8 Å². The van der Waals surface area contributed by atoms with Gasteiger partial charge in [-0.1, -0.05) is 12.1 Å². The van der Waals surface area contributed by atoms with Crippen LogP contribution in [0.25, 0.3) is 0 Å². The van der Waals surface area contributed by atoms with Crippen molar-refractivity contribution in [3.8, 4) is 0 Å². The summed E-state index contributed by atoms with van der Waals surface area (Å²) in [6.45, 7) is 5.50. The number of hydrogen-bond acceptors (Lipinski definition) is 3. The fourth-order valence-corrected chi connectivity index (χ4v) is 4.58. The molecule has 4 rings (SSSR count). The summed E-state index contributed by atoms with van der Waals surface area (Å²) in [6, 6.07) is 10.8. The summed E-state index contributed by atoms with van der Waals surface area (Å²) in [7, 11) is 2.12. The molecule has 1 aromatic heterocycles. The molecule has 2 aliphatic heterocycles. The topological polar surface area (TPSA) is 36.4 Å². The number of likely N-dealkylation sites (N-methyl/N-ethyl adjacent to an activating group) is 1. The molecule has 1 atom stereocenters. The summed E-state index contributed by atoms with van der Waals surface area (Å²) < 4.78 is 13.6. The summed E-state index contributed by atoms with van der Waals surface area (Å²) in [6.07, 6.45) is 2.83. The fraction of sp³-hybridized carbons (Fsp3) is 0.478. The van der Waals surface area contributed by atoms with Gasteiger partial charge in [-0.25, -0.2) is 9.37 Å². The third kappa shape index (κ3) is 3.95. The van der Waals surface area contributed by atoms with Crippen LogP contribution in [0.3, 0.4) is 0 Å². The molecule has 3 heterocycles. The van der Waals surface area contributed by atoms with Gasteiger partial charge in [0.25, 0.3) is 5.91 Å². The molecule has 5 heteroatoms. The minimum atomic E-state index is -0.183. The number of pyridine rings is 1. The molecule has 2 saturated heterocycles. The van der Waals surface area contributed by atoms with Crippen molar-refractivity contribution in [3.63, 3.8) is 0 Å². The zero-order valence-electron chi connectivity index (χ0n) is 16.7. The lowest BCUT2D eigenvalue weighted by Crippen LogP contribution is -2.38. The maximum Gasteiger partial charge on any atom is 0.272 e. The van der Waals surface area contributed by atoms with Gasteiger partial charge in [0, 0.05) is 31.2 Å². The first-order valence-electron chi connectivity index (χ1n) is 10.2. The van der Waals surface area contributed by atoms with E-state index < -0.39 is 0 Å². The van der Waals surface area contributed by atoms with Crippen LogP contribution in [0.5, 0.6) is 0 Å². The molecule has 1 amide bonds. The molecule has 0 radical (unpaired) electrons. The van der Waals surface area contributed by atoms with Crippen LogP contribution in [0.1, 0.15) is 58.4 Å². The number of piperidine rings is 1. The maximum absolute atomic E-state index is 13.6. The number of carbonyl (C=O) groups excluding carboxylic acids is 1. The van der Waals surface area contributed by atoms with E-state index >= 15 is 0 Å². The van der Waals surface area contributed by atoms with Crippen LogP contribution < -0.4 is 0 Å². The molecule has 4 nitrogen and oxygen atoms in total. The third-order valence-corrected chi connectivity index (χ3v) is 6.26. The fourth-order valence-electron chi connectivity index (χ4n) is 4.58. The molecule has 0 saturated carbocycles. The molecule has 0 aliphatic carbocycles. The van der Waals surface area contributed by atoms with Crippen LogP contribution in [-0.4, -0.2) is 53.9 Å². The van der Waals surface area contributed by atoms with Gasteiger partial charge in [-0.05, 0) is 81.1 Å². The van der Waals surface area contributed by atoms with E-state index in [0.717, 1.165) is 49.2 Å². The molecule has 2 aromatic rings. The van der Waals surface area contributed by atoms with Crippen molar-refractivity contribution in [2.24, 2.45) is 0 Å². The van der Waals surface area contributed by atoms with Gasteiger partial charge in [0.05, 0.1) is 0 Å². The molecule has 1 unspecified atom stereocenters. The Kier molecular flexibility index (Phi) is 5.44. The van der Waals surface area contributed by atoms with Crippen molar-refractivity contribution >= 4 is 5.91 Å². The third-order valence-electron chi connectivity index (χ3n) is 6.26. The Balaban J connectivity index is 1.42. The van der Waals surface area contributed by atoms with Gasteiger partial charge in [-0.2, -0.15) is 0 Å². The highest BCUT2D eigenvalue weighted by Crippen LogP contribution is 2.31. The number of aromatic nitrogens is 1. The van der Waals surface area contributed by atoms with Gasteiger partial charge in [0.15, 0.2) is 0 Å². The smallest absolute Gasteiger partial charge is 0.272 e. The minimum Gasteiger partial charge on any atom is -0.337 e. The van der Waals surface area contributed by atoms with Crippen LogP contribution in [0.2, 0.25) is 0 Å². The summed E-state index contributed by atoms with van der Waals surface area (Å²) in [4.78, 5) is 21.9. The predicted molar refractivity (Wildman–Crippen MR) is 108 cm³/mol. The Bertz CT molecular complexity index is 861. The second-order valence-electron chi connectivity index (χ2n) is 8.26. The van der Waals surface area contributed by atoms with Gasteiger partial charge in [0.1, 0.15) is 11.5 Å². The van der Waals surface area contributed by atoms with Crippen molar-refractivity contribution in [3.05, 3.63) is 64.7 Å². The Morgan fingerprint density at radius 3 is 2.54 bits per heavy atom. The Labute approximate surface area is 166 Å². The summed E-state index contributed by atoms with van der Waals surface area (Å²) in [5.74, 6) is 0.563. The van der Waals surface area contributed by atoms with E-state index in [-0.39, 0.29) is 11.7 Å². The second-order valence-corrected chi connectivity index (χ2v) is 8.26. The summed E-state index contributed by atoms with van der Waals surface area (Å²) in [5, 5.41) is 0. The average Bonchev–Trinajstić information content (AvgIpc) is 3.16. The van der Waals surface area contributed by atoms with Gasteiger partial charge in [-0.3, -0.25) is 4.79 Å². The van der Waals surface area contributed by atoms with E-state index in [4.69, 9.17) is 4.98 Å². The Morgan fingerprint density at radius 1 is 1.07 bits per heavy atom. The number of carbonyl (C=O) groups is 1. The van der Waals surface area contributed by atoms with Crippen LogP contribution in [0.4, 0.5) is 4.39 Å². The lowest BCUT2D eigenvalue weighted by atomic mass is 9.86. The van der Waals surface area contributed by atoms with Crippen LogP contribution in [-0.2, 0) is 0 Å². The lowest BCUT2D eigenvalue weighted by molar-refractivity contribution is 0.0706. The predicted octanol–water partition coefficient (Wildman–Crippen LogP) is 3.97. The summed E-state index contributed by atoms with van der Waals surface area (Å²) in [5.41, 5.74) is 3.78. The Morgan fingerprint density at radius 2 is 1.82 bits per heavy atom. The molecule has 2 fully saturated rings. The maximum atomic E-state index is 13.6. The summed E-state index contributed by atoms with van der Waals surface area (Å²) >= 11 is 0. The van der Waals surface area contributed by atoms with Crippen LogP contribution in [0, 0.1) is 12.7 Å². The number of benzene rings is 1. The number of nitrogens with zero attached hydrogens (tertiary/aromatic N) is 3. The van der Waals surface area contributed by atoms with E-state index in [1.54, 1.807) is 6.07 Å². The first kappa shape index (κ1) is 19.1. The largest absolute Gasteiger partial charge is 0.337 e. The number of likely N-dealkylation sites (tertiary alicyclic amines) is 2. The van der Waals surface area contributed by atoms with Gasteiger partial charge < -0.3 is 9.80 Å². The van der Waals surface area contributed by atoms with Crippen LogP contribution >= 0.6 is 0 Å². The number of amides is 1. The standard InChI is InChI=1S/C23H28FN3O/c1-16-6-7-19(24)14-20(16)17-9-12-27(13-10-17)23(28)22-5-3-4-21(25-22)18-8-11-26(2)15-18/h3-7,14,17-18H,8-13,15H2,1-2H3. The SMILES string of the molecule is Cc1ccc(F)cc1C1CCN(C(=O)c2cccc(C3CCN(C)C3)n2)CC1. The van der Waals surface area contributed by atoms with Crippen molar-refractivity contribution in [1.29, 1.82) is 0 Å². The van der Waals surface area contributed by atoms with E-state index in [1.807, 2.05) is 36.1 Å². The highest BCUT2D eigenvalue weighted by molar-refractivity contribution is 5.92. The quantitative estimate of drug-likeness (QED) is 0.807. The van der Waals surface area contributed by atoms with Crippen molar-refractivity contribution in [2.45, 2.75) is 38.0 Å². The molecule has 0 spiro atoms. The van der Waals surface area contributed by atoms with Crippen molar-refractivity contribution < 1.29 is 9.18 Å². The van der Waals surface area contributed by atoms with E-state index in [0.29, 0.717) is 30.6 Å². The molecule has 1 aromatic carbocycles. The second kappa shape index (κ2) is 8.00. The van der Waals surface area contributed by atoms with E-state index in [9.17, 15) is 9.18 Å². The van der Waals surface area contributed by atoms with Crippen LogP contribution in [0.15, 0.2) is 36.4 Å². The van der Waals surface area contributed by atoms with Crippen molar-refractivity contribution in [2.75, 3.05) is 33.2 Å². The molecule has 0 N–H and O–H groups in total. The number of hydrogen-bond donors (Lipinski definition) is 0. The minimum absolute atomic E-state index is 0.0163. The molecule has 0 bridgehead atoms. The first-order chi connectivity index (χ1) is 13.5. The average molecular weight is 381 g/mol. The molecule has 28 heavy (non-hydrogen) atoms.